The summed E-state index contributed by atoms with van der Waals surface area (Å²) < 4.78 is 5.35. The van der Waals surface area contributed by atoms with Crippen molar-refractivity contribution in [2.24, 2.45) is 0 Å². The maximum Gasteiger partial charge on any atom is 0.408 e. The van der Waals surface area contributed by atoms with Gasteiger partial charge in [-0.25, -0.2) is 9.78 Å². The van der Waals surface area contributed by atoms with Gasteiger partial charge in [0.15, 0.2) is 0 Å². The van der Waals surface area contributed by atoms with Crippen molar-refractivity contribution in [1.29, 1.82) is 0 Å². The van der Waals surface area contributed by atoms with E-state index in [0.717, 1.165) is 5.56 Å². The van der Waals surface area contributed by atoms with Gasteiger partial charge in [0.2, 0.25) is 5.91 Å². The number of alkyl carbamates (subject to hydrolysis) is 1. The van der Waals surface area contributed by atoms with E-state index in [1.54, 1.807) is 56.1 Å². The number of fused-ring (bicyclic) bond motifs is 1. The molecule has 0 unspecified atom stereocenters. The lowest BCUT2D eigenvalue weighted by Gasteiger charge is -2.28. The van der Waals surface area contributed by atoms with Gasteiger partial charge in [0.05, 0.1) is 6.04 Å². The van der Waals surface area contributed by atoms with Crippen LogP contribution in [0.2, 0.25) is 5.02 Å². The molecule has 1 N–H and O–H groups in total. The first-order valence-electron chi connectivity index (χ1n) is 9.30. The summed E-state index contributed by atoms with van der Waals surface area (Å²) in [6.45, 7) is 5.79. The lowest BCUT2D eigenvalue weighted by Crippen LogP contribution is -2.45. The molecule has 1 aromatic heterocycles. The van der Waals surface area contributed by atoms with Crippen molar-refractivity contribution in [3.05, 3.63) is 58.7 Å². The van der Waals surface area contributed by atoms with E-state index in [9.17, 15) is 9.59 Å². The van der Waals surface area contributed by atoms with Crippen molar-refractivity contribution in [3.8, 4) is 0 Å². The molecule has 6 nitrogen and oxygen atoms in total. The molecular weight excluding hydrogens is 413 g/mol. The molecule has 0 saturated carbocycles. The van der Waals surface area contributed by atoms with Crippen LogP contribution in [0.25, 0.3) is 0 Å². The summed E-state index contributed by atoms with van der Waals surface area (Å²) in [5.41, 5.74) is 0.958. The molecule has 2 amide bonds. The van der Waals surface area contributed by atoms with E-state index in [1.807, 2.05) is 12.1 Å². The molecule has 0 spiro atoms. The van der Waals surface area contributed by atoms with E-state index in [4.69, 9.17) is 27.9 Å². The minimum atomic E-state index is -1.06. The molecule has 0 aliphatic carbocycles. The second-order valence-electron chi connectivity index (χ2n) is 7.80. The number of hydrogen-bond acceptors (Lipinski definition) is 4. The monoisotopic (exact) mass is 435 g/mol. The fourth-order valence-electron chi connectivity index (χ4n) is 3.14. The molecule has 3 rings (SSSR count). The zero-order valence-electron chi connectivity index (χ0n) is 16.5. The highest BCUT2D eigenvalue weighted by atomic mass is 35.5. The number of carbonyl (C=O) groups excluding carboxylic acids is 2. The Balaban J connectivity index is 1.85. The average Bonchev–Trinajstić information content (AvgIpc) is 3.08. The van der Waals surface area contributed by atoms with Gasteiger partial charge < -0.3 is 10.1 Å². The normalized spacial score (nSPS) is 15.4. The number of nitrogens with zero attached hydrogens (tertiary/aromatic N) is 2. The average molecular weight is 436 g/mol. The third-order valence-electron chi connectivity index (χ3n) is 4.42. The number of benzene rings is 1. The van der Waals surface area contributed by atoms with Gasteiger partial charge in [-0.05, 0) is 56.5 Å². The highest BCUT2D eigenvalue weighted by Gasteiger charge is 2.36. The molecule has 8 heteroatoms. The number of pyridine rings is 1. The third kappa shape index (κ3) is 5.19. The highest BCUT2D eigenvalue weighted by Crippen LogP contribution is 2.30. The van der Waals surface area contributed by atoms with Gasteiger partial charge in [-0.2, -0.15) is 0 Å². The number of carbonyl (C=O) groups is 2. The standard InChI is InChI=1S/C21H23Cl2N3O3/c1-21(2,3)29-20(28)25-17(13-6-8-15(22)9-7-13)16(23)19(27)26-12-10-14-5-4-11-24-18(14)26/h4-9,11,16-17H,10,12H2,1-3H3,(H,25,28)/t16-,17+/m1/s1. The van der Waals surface area contributed by atoms with Crippen LogP contribution in [-0.4, -0.2) is 34.5 Å². The van der Waals surface area contributed by atoms with E-state index in [1.165, 1.54) is 0 Å². The van der Waals surface area contributed by atoms with Gasteiger partial charge in [0.1, 0.15) is 16.8 Å². The van der Waals surface area contributed by atoms with Crippen LogP contribution in [0.4, 0.5) is 10.6 Å². The molecule has 1 aromatic carbocycles. The summed E-state index contributed by atoms with van der Waals surface area (Å²) in [6.07, 6.45) is 1.70. The van der Waals surface area contributed by atoms with Crippen molar-refractivity contribution in [3.63, 3.8) is 0 Å². The molecule has 29 heavy (non-hydrogen) atoms. The summed E-state index contributed by atoms with van der Waals surface area (Å²) >= 11 is 12.6. The molecule has 1 aliphatic rings. The topological polar surface area (TPSA) is 71.5 Å². The predicted molar refractivity (Wildman–Crippen MR) is 113 cm³/mol. The number of amides is 2. The van der Waals surface area contributed by atoms with Crippen LogP contribution in [0.5, 0.6) is 0 Å². The molecule has 2 aromatic rings. The Morgan fingerprint density at radius 1 is 1.21 bits per heavy atom. The van der Waals surface area contributed by atoms with E-state index in [2.05, 4.69) is 10.3 Å². The van der Waals surface area contributed by atoms with Crippen LogP contribution in [-0.2, 0) is 16.0 Å². The number of hydrogen-bond donors (Lipinski definition) is 1. The van der Waals surface area contributed by atoms with E-state index < -0.39 is 23.1 Å². The number of aromatic nitrogens is 1. The molecule has 2 heterocycles. The maximum atomic E-state index is 13.2. The second-order valence-corrected chi connectivity index (χ2v) is 8.71. The summed E-state index contributed by atoms with van der Waals surface area (Å²) in [4.78, 5) is 31.5. The molecule has 0 radical (unpaired) electrons. The molecular formula is C21H23Cl2N3O3. The van der Waals surface area contributed by atoms with Gasteiger partial charge in [-0.15, -0.1) is 11.6 Å². The minimum absolute atomic E-state index is 0.333. The van der Waals surface area contributed by atoms with E-state index >= 15 is 0 Å². The molecule has 0 fully saturated rings. The number of ether oxygens (including phenoxy) is 1. The summed E-state index contributed by atoms with van der Waals surface area (Å²) in [7, 11) is 0. The lowest BCUT2D eigenvalue weighted by molar-refractivity contribution is -0.118. The van der Waals surface area contributed by atoms with Crippen molar-refractivity contribution < 1.29 is 14.3 Å². The fourth-order valence-corrected chi connectivity index (χ4v) is 3.59. The Morgan fingerprint density at radius 3 is 2.55 bits per heavy atom. The second kappa shape index (κ2) is 8.59. The molecule has 0 bridgehead atoms. The summed E-state index contributed by atoms with van der Waals surface area (Å²) in [6, 6.07) is 9.79. The highest BCUT2D eigenvalue weighted by molar-refractivity contribution is 6.33. The van der Waals surface area contributed by atoms with Gasteiger partial charge in [0.25, 0.3) is 0 Å². The minimum Gasteiger partial charge on any atom is -0.444 e. The Kier molecular flexibility index (Phi) is 6.34. The Hall–Kier alpha value is -2.31. The predicted octanol–water partition coefficient (Wildman–Crippen LogP) is 4.50. The zero-order chi connectivity index (χ0) is 21.2. The zero-order valence-corrected chi connectivity index (χ0v) is 18.0. The van der Waals surface area contributed by atoms with Gasteiger partial charge >= 0.3 is 6.09 Å². The lowest BCUT2D eigenvalue weighted by atomic mass is 10.0. The molecule has 2 atom stereocenters. The Morgan fingerprint density at radius 2 is 1.90 bits per heavy atom. The van der Waals surface area contributed by atoms with Crippen LogP contribution < -0.4 is 10.2 Å². The quantitative estimate of drug-likeness (QED) is 0.717. The van der Waals surface area contributed by atoms with Gasteiger partial charge in [-0.1, -0.05) is 29.8 Å². The van der Waals surface area contributed by atoms with Crippen LogP contribution >= 0.6 is 23.2 Å². The smallest absolute Gasteiger partial charge is 0.408 e. The van der Waals surface area contributed by atoms with Crippen molar-refractivity contribution in [2.45, 2.75) is 44.2 Å². The first kappa shape index (κ1) is 21.4. The molecule has 0 saturated heterocycles. The van der Waals surface area contributed by atoms with Crippen molar-refractivity contribution in [2.75, 3.05) is 11.4 Å². The van der Waals surface area contributed by atoms with Gasteiger partial charge in [0, 0.05) is 17.8 Å². The fraction of sp³-hybridized carbons (Fsp3) is 0.381. The molecule has 154 valence electrons. The van der Waals surface area contributed by atoms with Crippen LogP contribution in [0.1, 0.15) is 37.9 Å². The van der Waals surface area contributed by atoms with Gasteiger partial charge in [-0.3, -0.25) is 9.69 Å². The van der Waals surface area contributed by atoms with Crippen molar-refractivity contribution in [1.82, 2.24) is 10.3 Å². The number of anilines is 1. The SMILES string of the molecule is CC(C)(C)OC(=O)N[C@@H](c1ccc(Cl)cc1)[C@@H](Cl)C(=O)N1CCc2cccnc21. The number of nitrogens with one attached hydrogen (secondary N) is 1. The maximum absolute atomic E-state index is 13.2. The van der Waals surface area contributed by atoms with Crippen LogP contribution in [0.15, 0.2) is 42.6 Å². The van der Waals surface area contributed by atoms with E-state index in [0.29, 0.717) is 29.4 Å². The summed E-state index contributed by atoms with van der Waals surface area (Å²) in [5.74, 6) is 0.274. The van der Waals surface area contributed by atoms with Crippen LogP contribution in [0, 0.1) is 0 Å². The largest absolute Gasteiger partial charge is 0.444 e. The number of halogens is 2. The Labute approximate surface area is 180 Å². The Bertz CT molecular complexity index is 897. The van der Waals surface area contributed by atoms with Crippen molar-refractivity contribution >= 4 is 41.0 Å². The first-order chi connectivity index (χ1) is 13.7. The van der Waals surface area contributed by atoms with Crippen LogP contribution in [0.3, 0.4) is 0 Å². The third-order valence-corrected chi connectivity index (χ3v) is 5.11. The molecule has 1 aliphatic heterocycles. The van der Waals surface area contributed by atoms with E-state index in [-0.39, 0.29) is 5.91 Å². The number of rotatable bonds is 4. The number of alkyl halides is 1. The first-order valence-corrected chi connectivity index (χ1v) is 10.1. The summed E-state index contributed by atoms with van der Waals surface area (Å²) in [5, 5.41) is 2.22.